The van der Waals surface area contributed by atoms with Crippen molar-refractivity contribution in [2.45, 2.75) is 0 Å². The molecule has 8 heteroatoms. The zero-order valence-corrected chi connectivity index (χ0v) is 17.8. The van der Waals surface area contributed by atoms with Gasteiger partial charge in [0, 0.05) is 31.9 Å². The summed E-state index contributed by atoms with van der Waals surface area (Å²) >= 11 is 11.2. The normalized spacial score (nSPS) is 11.4. The minimum atomic E-state index is -0.511. The van der Waals surface area contributed by atoms with Gasteiger partial charge in [-0.1, -0.05) is 57.9 Å². The SMILES string of the molecule is O=c1[nH]c2cc(-c3c(Cl)cccc3Br)sc2c(=O)n1-c1cncc2ccccc12. The molecule has 0 unspecified atom stereocenters. The van der Waals surface area contributed by atoms with Crippen LogP contribution in [0.1, 0.15) is 0 Å². The van der Waals surface area contributed by atoms with E-state index < -0.39 is 5.69 Å². The van der Waals surface area contributed by atoms with Crippen molar-refractivity contribution < 1.29 is 0 Å². The molecular formula is C21H11BrClN3O2S. The number of pyridine rings is 1. The van der Waals surface area contributed by atoms with Crippen molar-refractivity contribution in [3.8, 4) is 16.1 Å². The molecule has 1 N–H and O–H groups in total. The lowest BCUT2D eigenvalue weighted by Crippen LogP contribution is -2.33. The quantitative estimate of drug-likeness (QED) is 0.366. The van der Waals surface area contributed by atoms with E-state index in [1.807, 2.05) is 36.4 Å². The van der Waals surface area contributed by atoms with Crippen LogP contribution in [0.3, 0.4) is 0 Å². The fourth-order valence-corrected chi connectivity index (χ4v) is 5.64. The largest absolute Gasteiger partial charge is 0.333 e. The van der Waals surface area contributed by atoms with Crippen LogP contribution in [-0.4, -0.2) is 14.5 Å². The Balaban J connectivity index is 1.82. The van der Waals surface area contributed by atoms with Crippen LogP contribution in [0.25, 0.3) is 37.1 Å². The van der Waals surface area contributed by atoms with Gasteiger partial charge >= 0.3 is 5.69 Å². The number of hydrogen-bond acceptors (Lipinski definition) is 4. The summed E-state index contributed by atoms with van der Waals surface area (Å²) in [5, 5.41) is 2.19. The summed E-state index contributed by atoms with van der Waals surface area (Å²) in [6.07, 6.45) is 3.23. The van der Waals surface area contributed by atoms with E-state index in [1.165, 1.54) is 17.5 Å². The van der Waals surface area contributed by atoms with Crippen molar-refractivity contribution in [1.29, 1.82) is 0 Å². The first-order valence-corrected chi connectivity index (χ1v) is 10.6. The average Bonchev–Trinajstić information content (AvgIpc) is 3.12. The molecule has 5 nitrogen and oxygen atoms in total. The third-order valence-electron chi connectivity index (χ3n) is 4.67. The molecule has 5 aromatic rings. The minimum Gasteiger partial charge on any atom is -0.306 e. The Morgan fingerprint density at radius 2 is 1.90 bits per heavy atom. The first-order chi connectivity index (χ1) is 14.0. The fourth-order valence-electron chi connectivity index (χ4n) is 3.36. The third kappa shape index (κ3) is 2.93. The Labute approximate surface area is 181 Å². The number of benzene rings is 2. The Hall–Kier alpha value is -2.74. The first kappa shape index (κ1) is 18.3. The molecule has 0 fully saturated rings. The van der Waals surface area contributed by atoms with Crippen molar-refractivity contribution >= 4 is 59.9 Å². The van der Waals surface area contributed by atoms with Gasteiger partial charge in [-0.2, -0.15) is 0 Å². The van der Waals surface area contributed by atoms with Gasteiger partial charge in [0.15, 0.2) is 0 Å². The summed E-state index contributed by atoms with van der Waals surface area (Å²) in [4.78, 5) is 33.9. The lowest BCUT2D eigenvalue weighted by atomic mass is 10.1. The van der Waals surface area contributed by atoms with Crippen LogP contribution in [0.4, 0.5) is 0 Å². The van der Waals surface area contributed by atoms with Gasteiger partial charge in [-0.3, -0.25) is 9.78 Å². The molecule has 0 saturated carbocycles. The van der Waals surface area contributed by atoms with E-state index in [0.29, 0.717) is 20.9 Å². The number of H-pyrrole nitrogens is 1. The molecule has 3 aromatic heterocycles. The molecule has 0 bridgehead atoms. The highest BCUT2D eigenvalue weighted by molar-refractivity contribution is 9.10. The second-order valence-corrected chi connectivity index (χ2v) is 8.71. The first-order valence-electron chi connectivity index (χ1n) is 8.61. The topological polar surface area (TPSA) is 67.8 Å². The van der Waals surface area contributed by atoms with Crippen LogP contribution in [0.5, 0.6) is 0 Å². The maximum atomic E-state index is 13.3. The van der Waals surface area contributed by atoms with Crippen molar-refractivity contribution in [3.63, 3.8) is 0 Å². The molecule has 5 rings (SSSR count). The van der Waals surface area contributed by atoms with E-state index in [1.54, 1.807) is 18.3 Å². The van der Waals surface area contributed by atoms with E-state index in [0.717, 1.165) is 30.3 Å². The third-order valence-corrected chi connectivity index (χ3v) is 6.79. The molecule has 29 heavy (non-hydrogen) atoms. The van der Waals surface area contributed by atoms with Crippen molar-refractivity contribution in [3.05, 3.63) is 91.3 Å². The number of nitrogens with zero attached hydrogens (tertiary/aromatic N) is 2. The molecule has 0 aliphatic carbocycles. The van der Waals surface area contributed by atoms with Crippen molar-refractivity contribution in [2.24, 2.45) is 0 Å². The molecule has 0 atom stereocenters. The van der Waals surface area contributed by atoms with Gasteiger partial charge in [-0.05, 0) is 18.2 Å². The summed E-state index contributed by atoms with van der Waals surface area (Å²) in [7, 11) is 0. The zero-order chi connectivity index (χ0) is 20.1. The molecule has 0 saturated heterocycles. The predicted octanol–water partition coefficient (Wildman–Crippen LogP) is 5.37. The number of fused-ring (bicyclic) bond motifs is 2. The fraction of sp³-hybridized carbons (Fsp3) is 0. The molecule has 0 spiro atoms. The standard InChI is InChI=1S/C21H11BrClN3O2S/c22-13-6-3-7-14(23)18(13)17-8-15-19(29-17)20(27)26(21(28)25-15)16-10-24-9-11-4-1-2-5-12(11)16/h1-10H,(H,25,28). The monoisotopic (exact) mass is 483 g/mol. The molecule has 3 heterocycles. The molecule has 2 aromatic carbocycles. The lowest BCUT2D eigenvalue weighted by Gasteiger charge is -2.07. The summed E-state index contributed by atoms with van der Waals surface area (Å²) in [6.45, 7) is 0. The van der Waals surface area contributed by atoms with Crippen molar-refractivity contribution in [2.75, 3.05) is 0 Å². The number of hydrogen-bond donors (Lipinski definition) is 1. The van der Waals surface area contributed by atoms with Gasteiger partial charge in [0.05, 0.1) is 22.4 Å². The Bertz CT molecular complexity index is 1510. The van der Waals surface area contributed by atoms with Gasteiger partial charge in [0.1, 0.15) is 4.70 Å². The van der Waals surface area contributed by atoms with Crippen LogP contribution < -0.4 is 11.2 Å². The zero-order valence-electron chi connectivity index (χ0n) is 14.6. The second kappa shape index (κ2) is 6.95. The number of aromatic amines is 1. The van der Waals surface area contributed by atoms with Gasteiger partial charge < -0.3 is 4.98 Å². The Kier molecular flexibility index (Phi) is 4.38. The summed E-state index contributed by atoms with van der Waals surface area (Å²) < 4.78 is 2.40. The molecule has 0 aliphatic rings. The molecule has 0 amide bonds. The van der Waals surface area contributed by atoms with Gasteiger partial charge in [-0.25, -0.2) is 9.36 Å². The Morgan fingerprint density at radius 1 is 1.07 bits per heavy atom. The lowest BCUT2D eigenvalue weighted by molar-refractivity contribution is 0.905. The second-order valence-electron chi connectivity index (χ2n) is 6.40. The molecule has 0 radical (unpaired) electrons. The maximum Gasteiger partial charge on any atom is 0.333 e. The predicted molar refractivity (Wildman–Crippen MR) is 121 cm³/mol. The number of thiophene rings is 1. The molecule has 0 aliphatic heterocycles. The van der Waals surface area contributed by atoms with E-state index in [9.17, 15) is 9.59 Å². The number of aromatic nitrogens is 3. The van der Waals surface area contributed by atoms with Crippen LogP contribution >= 0.6 is 38.9 Å². The van der Waals surface area contributed by atoms with Crippen LogP contribution in [0.15, 0.2) is 75.0 Å². The number of nitrogens with one attached hydrogen (secondary N) is 1. The summed E-state index contributed by atoms with van der Waals surface area (Å²) in [6, 6.07) is 14.8. The van der Waals surface area contributed by atoms with Gasteiger partial charge in [-0.15, -0.1) is 11.3 Å². The highest BCUT2D eigenvalue weighted by Crippen LogP contribution is 2.39. The smallest absolute Gasteiger partial charge is 0.306 e. The summed E-state index contributed by atoms with van der Waals surface area (Å²) in [5.41, 5.74) is 0.819. The van der Waals surface area contributed by atoms with Crippen LogP contribution in [0.2, 0.25) is 5.02 Å². The van der Waals surface area contributed by atoms with E-state index in [4.69, 9.17) is 11.6 Å². The highest BCUT2D eigenvalue weighted by Gasteiger charge is 2.17. The van der Waals surface area contributed by atoms with Crippen molar-refractivity contribution in [1.82, 2.24) is 14.5 Å². The summed E-state index contributed by atoms with van der Waals surface area (Å²) in [5.74, 6) is 0. The van der Waals surface area contributed by atoms with Gasteiger partial charge in [0.25, 0.3) is 5.56 Å². The van der Waals surface area contributed by atoms with E-state index in [2.05, 4.69) is 25.9 Å². The number of halogens is 2. The molecule has 142 valence electrons. The highest BCUT2D eigenvalue weighted by atomic mass is 79.9. The van der Waals surface area contributed by atoms with Crippen LogP contribution in [0, 0.1) is 0 Å². The van der Waals surface area contributed by atoms with E-state index >= 15 is 0 Å². The maximum absolute atomic E-state index is 13.3. The Morgan fingerprint density at radius 3 is 2.72 bits per heavy atom. The van der Waals surface area contributed by atoms with Crippen LogP contribution in [-0.2, 0) is 0 Å². The molecular weight excluding hydrogens is 474 g/mol. The average molecular weight is 485 g/mol. The number of rotatable bonds is 2. The minimum absolute atomic E-state index is 0.388. The van der Waals surface area contributed by atoms with Gasteiger partial charge in [0.2, 0.25) is 0 Å². The van der Waals surface area contributed by atoms with E-state index in [-0.39, 0.29) is 5.56 Å².